The molecule has 0 atom stereocenters. The van der Waals surface area contributed by atoms with E-state index in [1.54, 1.807) is 6.07 Å². The summed E-state index contributed by atoms with van der Waals surface area (Å²) in [5.74, 6) is 0.891. The van der Waals surface area contributed by atoms with Crippen LogP contribution in [0.25, 0.3) is 22.4 Å². The normalized spacial score (nSPS) is 11.4. The number of hydrogen-bond acceptors (Lipinski definition) is 3. The van der Waals surface area contributed by atoms with E-state index < -0.39 is 0 Å². The van der Waals surface area contributed by atoms with Crippen molar-refractivity contribution in [2.24, 2.45) is 0 Å². The van der Waals surface area contributed by atoms with Crippen LogP contribution in [-0.4, -0.2) is 19.8 Å². The molecule has 2 N–H and O–H groups in total. The second-order valence-electron chi connectivity index (χ2n) is 5.59. The molecule has 0 aliphatic rings. The Hall–Kier alpha value is -2.49. The van der Waals surface area contributed by atoms with Gasteiger partial charge in [-0.05, 0) is 56.7 Å². The van der Waals surface area contributed by atoms with Crippen LogP contribution in [0.1, 0.15) is 25.5 Å². The monoisotopic (exact) mass is 282 g/mol. The Bertz CT molecular complexity index is 819. The zero-order valence-corrected chi connectivity index (χ0v) is 12.3. The molecule has 1 heterocycles. The van der Waals surface area contributed by atoms with Crippen LogP contribution in [0.3, 0.4) is 0 Å². The first-order chi connectivity index (χ1) is 9.97. The van der Waals surface area contributed by atoms with E-state index in [2.05, 4.69) is 29.5 Å². The van der Waals surface area contributed by atoms with Crippen LogP contribution in [0.15, 0.2) is 36.4 Å². The van der Waals surface area contributed by atoms with Gasteiger partial charge in [0.15, 0.2) is 0 Å². The highest BCUT2D eigenvalue weighted by molar-refractivity contribution is 5.83. The van der Waals surface area contributed by atoms with Gasteiger partial charge in [-0.15, -0.1) is 0 Å². The number of fused-ring (bicyclic) bond motifs is 1. The summed E-state index contributed by atoms with van der Waals surface area (Å²) in [5, 5.41) is 19.8. The van der Waals surface area contributed by atoms with Gasteiger partial charge in [-0.25, -0.2) is 4.98 Å². The fraction of sp³-hybridized carbons (Fsp3) is 0.235. The molecule has 0 saturated carbocycles. The van der Waals surface area contributed by atoms with Gasteiger partial charge in [0.25, 0.3) is 0 Å². The van der Waals surface area contributed by atoms with E-state index in [0.717, 1.165) is 16.6 Å². The summed E-state index contributed by atoms with van der Waals surface area (Å²) in [6, 6.07) is 10.8. The Morgan fingerprint density at radius 2 is 1.81 bits per heavy atom. The summed E-state index contributed by atoms with van der Waals surface area (Å²) < 4.78 is 2.07. The minimum atomic E-state index is 0.112. The maximum absolute atomic E-state index is 10.1. The molecular formula is C17H18N2O2. The third kappa shape index (κ3) is 2.23. The summed E-state index contributed by atoms with van der Waals surface area (Å²) >= 11 is 0. The highest BCUT2D eigenvalue weighted by atomic mass is 16.3. The molecule has 108 valence electrons. The predicted molar refractivity (Wildman–Crippen MR) is 83.6 cm³/mol. The van der Waals surface area contributed by atoms with Gasteiger partial charge in [0.1, 0.15) is 17.3 Å². The smallest absolute Gasteiger partial charge is 0.145 e. The molecule has 3 aromatic rings. The number of nitrogens with zero attached hydrogens (tertiary/aromatic N) is 2. The van der Waals surface area contributed by atoms with E-state index in [1.807, 2.05) is 19.1 Å². The second-order valence-corrected chi connectivity index (χ2v) is 5.59. The van der Waals surface area contributed by atoms with Gasteiger partial charge in [0, 0.05) is 6.04 Å². The first-order valence-corrected chi connectivity index (χ1v) is 6.98. The molecule has 1 aromatic heterocycles. The average Bonchev–Trinajstić information content (AvgIpc) is 2.79. The lowest BCUT2D eigenvalue weighted by Crippen LogP contribution is -2.03. The molecule has 0 fully saturated rings. The number of phenols is 2. The summed E-state index contributed by atoms with van der Waals surface area (Å²) in [6.45, 7) is 6.17. The quantitative estimate of drug-likeness (QED) is 0.698. The van der Waals surface area contributed by atoms with E-state index in [1.165, 1.54) is 12.1 Å². The fourth-order valence-corrected chi connectivity index (χ4v) is 2.62. The topological polar surface area (TPSA) is 58.3 Å². The minimum Gasteiger partial charge on any atom is -0.508 e. The lowest BCUT2D eigenvalue weighted by molar-refractivity contribution is 0.461. The van der Waals surface area contributed by atoms with Gasteiger partial charge in [-0.2, -0.15) is 0 Å². The molecule has 4 heteroatoms. The van der Waals surface area contributed by atoms with Crippen molar-refractivity contribution < 1.29 is 10.2 Å². The lowest BCUT2D eigenvalue weighted by atomic mass is 10.1. The molecule has 0 amide bonds. The molecule has 0 unspecified atom stereocenters. The number of aromatic nitrogens is 2. The zero-order valence-electron chi connectivity index (χ0n) is 12.3. The third-order valence-electron chi connectivity index (χ3n) is 3.58. The van der Waals surface area contributed by atoms with E-state index >= 15 is 0 Å². The summed E-state index contributed by atoms with van der Waals surface area (Å²) in [5.41, 5.74) is 3.59. The molecule has 21 heavy (non-hydrogen) atoms. The molecule has 0 aliphatic carbocycles. The van der Waals surface area contributed by atoms with Crippen LogP contribution in [-0.2, 0) is 0 Å². The molecule has 0 spiro atoms. The number of benzene rings is 2. The van der Waals surface area contributed by atoms with Gasteiger partial charge < -0.3 is 14.8 Å². The fourth-order valence-electron chi connectivity index (χ4n) is 2.62. The highest BCUT2D eigenvalue weighted by Crippen LogP contribution is 2.35. The first-order valence-electron chi connectivity index (χ1n) is 6.98. The van der Waals surface area contributed by atoms with Crippen LogP contribution in [0, 0.1) is 6.92 Å². The van der Waals surface area contributed by atoms with Crippen molar-refractivity contribution in [2.75, 3.05) is 0 Å². The van der Waals surface area contributed by atoms with E-state index in [4.69, 9.17) is 0 Å². The Kier molecular flexibility index (Phi) is 3.09. The molecule has 4 nitrogen and oxygen atoms in total. The van der Waals surface area contributed by atoms with Crippen molar-refractivity contribution in [1.82, 2.24) is 9.55 Å². The zero-order chi connectivity index (χ0) is 15.1. The molecule has 0 aliphatic heterocycles. The maximum Gasteiger partial charge on any atom is 0.145 e. The Morgan fingerprint density at radius 1 is 1.05 bits per heavy atom. The van der Waals surface area contributed by atoms with E-state index in [0.29, 0.717) is 11.4 Å². The number of hydrogen-bond donors (Lipinski definition) is 2. The molecule has 2 aromatic carbocycles. The van der Waals surface area contributed by atoms with Gasteiger partial charge in [0.05, 0.1) is 16.6 Å². The number of rotatable bonds is 2. The number of phenolic OH excluding ortho intramolecular Hbond substituents is 2. The molecule has 0 bridgehead atoms. The standard InChI is InChI=1S/C17H18N2O2/c1-10(2)19-15-6-4-11(3)8-14(15)18-17(19)13-9-12(20)5-7-16(13)21/h4-10,20-21H,1-3H3. The van der Waals surface area contributed by atoms with Crippen molar-refractivity contribution in [3.05, 3.63) is 42.0 Å². The molecule has 0 saturated heterocycles. The highest BCUT2D eigenvalue weighted by Gasteiger charge is 2.18. The lowest BCUT2D eigenvalue weighted by Gasteiger charge is -2.14. The number of imidazole rings is 1. The van der Waals surface area contributed by atoms with Crippen molar-refractivity contribution in [1.29, 1.82) is 0 Å². The van der Waals surface area contributed by atoms with Crippen molar-refractivity contribution in [3.63, 3.8) is 0 Å². The van der Waals surface area contributed by atoms with Crippen molar-refractivity contribution in [3.8, 4) is 22.9 Å². The molecular weight excluding hydrogens is 264 g/mol. The number of aromatic hydroxyl groups is 2. The average molecular weight is 282 g/mol. The van der Waals surface area contributed by atoms with Crippen LogP contribution >= 0.6 is 0 Å². The Morgan fingerprint density at radius 3 is 2.52 bits per heavy atom. The Labute approximate surface area is 123 Å². The van der Waals surface area contributed by atoms with Gasteiger partial charge in [-0.1, -0.05) is 6.07 Å². The van der Waals surface area contributed by atoms with Crippen LogP contribution in [0.5, 0.6) is 11.5 Å². The summed E-state index contributed by atoms with van der Waals surface area (Å²) in [6.07, 6.45) is 0. The predicted octanol–water partition coefficient (Wildman–Crippen LogP) is 4.00. The molecule has 3 rings (SSSR count). The second kappa shape index (κ2) is 4.81. The Balaban J connectivity index is 2.36. The summed E-state index contributed by atoms with van der Waals surface area (Å²) in [4.78, 5) is 4.66. The van der Waals surface area contributed by atoms with Gasteiger partial charge in [-0.3, -0.25) is 0 Å². The van der Waals surface area contributed by atoms with E-state index in [-0.39, 0.29) is 17.5 Å². The van der Waals surface area contributed by atoms with Crippen molar-refractivity contribution >= 4 is 11.0 Å². The van der Waals surface area contributed by atoms with Crippen LogP contribution in [0.2, 0.25) is 0 Å². The first kappa shape index (κ1) is 13.5. The van der Waals surface area contributed by atoms with Gasteiger partial charge in [0.2, 0.25) is 0 Å². The summed E-state index contributed by atoms with van der Waals surface area (Å²) in [7, 11) is 0. The largest absolute Gasteiger partial charge is 0.508 e. The maximum atomic E-state index is 10.1. The van der Waals surface area contributed by atoms with Gasteiger partial charge >= 0.3 is 0 Å². The van der Waals surface area contributed by atoms with Crippen LogP contribution in [0.4, 0.5) is 0 Å². The van der Waals surface area contributed by atoms with Crippen LogP contribution < -0.4 is 0 Å². The third-order valence-corrected chi connectivity index (χ3v) is 3.58. The number of aryl methyl sites for hydroxylation is 1. The SMILES string of the molecule is Cc1ccc2c(c1)nc(-c1cc(O)ccc1O)n2C(C)C. The van der Waals surface area contributed by atoms with Crippen molar-refractivity contribution in [2.45, 2.75) is 26.8 Å². The molecule has 0 radical (unpaired) electrons. The van der Waals surface area contributed by atoms with E-state index in [9.17, 15) is 10.2 Å². The minimum absolute atomic E-state index is 0.112.